The van der Waals surface area contributed by atoms with E-state index in [1.807, 2.05) is 20.8 Å². The topological polar surface area (TPSA) is 41.6 Å². The van der Waals surface area contributed by atoms with Crippen molar-refractivity contribution in [2.75, 3.05) is 13.1 Å². The van der Waals surface area contributed by atoms with Crippen LogP contribution in [0.3, 0.4) is 0 Å². The molecule has 2 heterocycles. The standard InChI is InChI=1S/C18H26N2O2/c1-18(2,3)22-17(21)19-16-14-9-15(16)12-20(11-14)10-13-7-5-4-6-8-13/h4-8,14-16H,9-12H2,1-3H3,(H,19,21). The molecule has 2 bridgehead atoms. The molecule has 3 fully saturated rings. The van der Waals surface area contributed by atoms with E-state index in [4.69, 9.17) is 4.74 Å². The van der Waals surface area contributed by atoms with Crippen molar-refractivity contribution in [2.45, 2.75) is 45.4 Å². The van der Waals surface area contributed by atoms with Crippen LogP contribution in [0.2, 0.25) is 0 Å². The first kappa shape index (κ1) is 15.3. The Labute approximate surface area is 132 Å². The smallest absolute Gasteiger partial charge is 0.407 e. The highest BCUT2D eigenvalue weighted by Gasteiger charge is 2.47. The van der Waals surface area contributed by atoms with Crippen LogP contribution in [0.25, 0.3) is 0 Å². The fourth-order valence-corrected chi connectivity index (χ4v) is 3.64. The van der Waals surface area contributed by atoms with Crippen LogP contribution in [-0.4, -0.2) is 35.7 Å². The van der Waals surface area contributed by atoms with Gasteiger partial charge in [0.05, 0.1) is 0 Å². The Morgan fingerprint density at radius 3 is 2.45 bits per heavy atom. The number of hydrogen-bond donors (Lipinski definition) is 1. The zero-order valence-electron chi connectivity index (χ0n) is 13.7. The van der Waals surface area contributed by atoms with Crippen molar-refractivity contribution in [3.63, 3.8) is 0 Å². The molecule has 4 rings (SSSR count). The lowest BCUT2D eigenvalue weighted by atomic mass is 9.66. The van der Waals surface area contributed by atoms with Crippen LogP contribution < -0.4 is 5.32 Å². The second kappa shape index (κ2) is 5.92. The molecule has 4 nitrogen and oxygen atoms in total. The molecule has 0 spiro atoms. The van der Waals surface area contributed by atoms with E-state index in [-0.39, 0.29) is 6.09 Å². The molecule has 2 atom stereocenters. The van der Waals surface area contributed by atoms with Gasteiger partial charge in [0.1, 0.15) is 5.60 Å². The summed E-state index contributed by atoms with van der Waals surface area (Å²) in [6.45, 7) is 8.83. The van der Waals surface area contributed by atoms with E-state index in [1.165, 1.54) is 12.0 Å². The predicted octanol–water partition coefficient (Wildman–Crippen LogP) is 3.03. The normalized spacial score (nSPS) is 27.9. The lowest BCUT2D eigenvalue weighted by Gasteiger charge is -2.53. The van der Waals surface area contributed by atoms with Gasteiger partial charge in [-0.25, -0.2) is 4.79 Å². The van der Waals surface area contributed by atoms with E-state index in [0.717, 1.165) is 19.6 Å². The van der Waals surface area contributed by atoms with E-state index in [0.29, 0.717) is 17.9 Å². The van der Waals surface area contributed by atoms with E-state index >= 15 is 0 Å². The number of amides is 1. The molecule has 3 aliphatic rings. The number of benzene rings is 1. The molecule has 1 aromatic rings. The number of carbonyl (C=O) groups excluding carboxylic acids is 1. The Hall–Kier alpha value is -1.55. The number of carbonyl (C=O) groups is 1. The number of hydrogen-bond acceptors (Lipinski definition) is 3. The minimum atomic E-state index is -0.428. The minimum Gasteiger partial charge on any atom is -0.444 e. The number of fused-ring (bicyclic) bond motifs is 2. The number of piperidine rings is 2. The highest BCUT2D eigenvalue weighted by molar-refractivity contribution is 5.68. The summed E-state index contributed by atoms with van der Waals surface area (Å²) in [5.74, 6) is 1.13. The Morgan fingerprint density at radius 1 is 1.23 bits per heavy atom. The number of nitrogens with zero attached hydrogens (tertiary/aromatic N) is 1. The Bertz CT molecular complexity index is 512. The fourth-order valence-electron chi connectivity index (χ4n) is 3.64. The first-order chi connectivity index (χ1) is 10.4. The number of rotatable bonds is 3. The number of nitrogens with one attached hydrogen (secondary N) is 1. The van der Waals surface area contributed by atoms with Gasteiger partial charge in [-0.15, -0.1) is 0 Å². The van der Waals surface area contributed by atoms with Gasteiger partial charge in [-0.1, -0.05) is 30.3 Å². The van der Waals surface area contributed by atoms with Gasteiger partial charge in [-0.3, -0.25) is 4.90 Å². The summed E-state index contributed by atoms with van der Waals surface area (Å²) in [7, 11) is 0. The molecule has 1 N–H and O–H groups in total. The molecule has 1 aromatic carbocycles. The van der Waals surface area contributed by atoms with Gasteiger partial charge >= 0.3 is 6.09 Å². The largest absolute Gasteiger partial charge is 0.444 e. The maximum absolute atomic E-state index is 11.9. The number of alkyl carbamates (subject to hydrolysis) is 1. The van der Waals surface area contributed by atoms with E-state index < -0.39 is 5.60 Å². The maximum atomic E-state index is 11.9. The Morgan fingerprint density at radius 2 is 1.86 bits per heavy atom. The molecule has 1 aliphatic carbocycles. The molecule has 120 valence electrons. The zero-order chi connectivity index (χ0) is 15.7. The molecule has 2 saturated heterocycles. The summed E-state index contributed by atoms with van der Waals surface area (Å²) in [5, 5.41) is 3.07. The lowest BCUT2D eigenvalue weighted by molar-refractivity contribution is -0.0252. The van der Waals surface area contributed by atoms with Crippen LogP contribution in [0.5, 0.6) is 0 Å². The maximum Gasteiger partial charge on any atom is 0.407 e. The molecule has 0 radical (unpaired) electrons. The lowest BCUT2D eigenvalue weighted by Crippen LogP contribution is -2.64. The Balaban J connectivity index is 1.49. The molecule has 1 amide bonds. The summed E-state index contributed by atoms with van der Waals surface area (Å²) in [5.41, 5.74) is 0.933. The summed E-state index contributed by atoms with van der Waals surface area (Å²) in [4.78, 5) is 14.4. The highest BCUT2D eigenvalue weighted by atomic mass is 16.6. The number of ether oxygens (including phenoxy) is 1. The van der Waals surface area contributed by atoms with E-state index in [9.17, 15) is 4.79 Å². The third-order valence-electron chi connectivity index (χ3n) is 4.54. The van der Waals surface area contributed by atoms with Crippen LogP contribution >= 0.6 is 0 Å². The van der Waals surface area contributed by atoms with E-state index in [2.05, 4.69) is 40.5 Å². The molecule has 0 aromatic heterocycles. The monoisotopic (exact) mass is 302 g/mol. The zero-order valence-corrected chi connectivity index (χ0v) is 13.7. The van der Waals surface area contributed by atoms with Gasteiger partial charge in [-0.2, -0.15) is 0 Å². The summed E-state index contributed by atoms with van der Waals surface area (Å²) in [6.07, 6.45) is 0.954. The van der Waals surface area contributed by atoms with Crippen LogP contribution in [-0.2, 0) is 11.3 Å². The van der Waals surface area contributed by atoms with Crippen molar-refractivity contribution in [1.29, 1.82) is 0 Å². The van der Waals surface area contributed by atoms with Crippen molar-refractivity contribution >= 4 is 6.09 Å². The molecule has 22 heavy (non-hydrogen) atoms. The van der Waals surface area contributed by atoms with Gasteiger partial charge < -0.3 is 10.1 Å². The molecule has 1 saturated carbocycles. The average Bonchev–Trinajstić information content (AvgIpc) is 2.44. The summed E-state index contributed by atoms with van der Waals surface area (Å²) < 4.78 is 5.37. The Kier molecular flexibility index (Phi) is 4.13. The quantitative estimate of drug-likeness (QED) is 0.933. The first-order valence-electron chi connectivity index (χ1n) is 8.16. The fraction of sp³-hybridized carbons (Fsp3) is 0.611. The van der Waals surface area contributed by atoms with Gasteiger partial charge in [0.25, 0.3) is 0 Å². The van der Waals surface area contributed by atoms with Crippen LogP contribution in [0.4, 0.5) is 4.79 Å². The second-order valence-electron chi connectivity index (χ2n) is 7.61. The van der Waals surface area contributed by atoms with Crippen molar-refractivity contribution in [3.05, 3.63) is 35.9 Å². The van der Waals surface area contributed by atoms with Crippen molar-refractivity contribution in [2.24, 2.45) is 11.8 Å². The molecule has 2 aliphatic heterocycles. The molecule has 2 unspecified atom stereocenters. The van der Waals surface area contributed by atoms with Gasteiger partial charge in [0.2, 0.25) is 0 Å². The third-order valence-corrected chi connectivity index (χ3v) is 4.54. The highest BCUT2D eigenvalue weighted by Crippen LogP contribution is 2.40. The van der Waals surface area contributed by atoms with Crippen molar-refractivity contribution in [1.82, 2.24) is 10.2 Å². The van der Waals surface area contributed by atoms with Crippen molar-refractivity contribution < 1.29 is 9.53 Å². The third kappa shape index (κ3) is 3.61. The van der Waals surface area contributed by atoms with Gasteiger partial charge in [-0.05, 0) is 44.6 Å². The predicted molar refractivity (Wildman–Crippen MR) is 86.5 cm³/mol. The summed E-state index contributed by atoms with van der Waals surface area (Å²) >= 11 is 0. The minimum absolute atomic E-state index is 0.274. The van der Waals surface area contributed by atoms with Crippen LogP contribution in [0.15, 0.2) is 30.3 Å². The SMILES string of the molecule is CC(C)(C)OC(=O)NC1C2CC1CN(Cc1ccccc1)C2. The summed E-state index contributed by atoms with van der Waals surface area (Å²) in [6, 6.07) is 10.9. The van der Waals surface area contributed by atoms with Crippen LogP contribution in [0, 0.1) is 11.8 Å². The van der Waals surface area contributed by atoms with Gasteiger partial charge in [0.15, 0.2) is 0 Å². The van der Waals surface area contributed by atoms with Gasteiger partial charge in [0, 0.05) is 25.7 Å². The van der Waals surface area contributed by atoms with Crippen molar-refractivity contribution in [3.8, 4) is 0 Å². The first-order valence-corrected chi connectivity index (χ1v) is 8.16. The molecule has 4 heteroatoms. The van der Waals surface area contributed by atoms with E-state index in [1.54, 1.807) is 0 Å². The molecular weight excluding hydrogens is 276 g/mol. The second-order valence-corrected chi connectivity index (χ2v) is 7.61. The molecular formula is C18H26N2O2. The average molecular weight is 302 g/mol. The van der Waals surface area contributed by atoms with Crippen LogP contribution in [0.1, 0.15) is 32.8 Å².